The molecule has 1 aromatic carbocycles. The molecule has 1 atom stereocenters. The number of amides is 2. The Balaban J connectivity index is 0.00000264. The third-order valence-electron chi connectivity index (χ3n) is 3.13. The van der Waals surface area contributed by atoms with Crippen molar-refractivity contribution in [1.29, 1.82) is 0 Å². The van der Waals surface area contributed by atoms with Crippen molar-refractivity contribution in [3.8, 4) is 11.5 Å². The van der Waals surface area contributed by atoms with E-state index in [-0.39, 0.29) is 58.9 Å². The van der Waals surface area contributed by atoms with Crippen LogP contribution < -0.4 is 44.3 Å². The van der Waals surface area contributed by atoms with E-state index in [1.165, 1.54) is 14.2 Å². The van der Waals surface area contributed by atoms with Gasteiger partial charge >= 0.3 is 39.9 Å². The fourth-order valence-electron chi connectivity index (χ4n) is 2.02. The van der Waals surface area contributed by atoms with Gasteiger partial charge in [-0.1, -0.05) is 6.07 Å². The van der Waals surface area contributed by atoms with Crippen molar-refractivity contribution in [1.82, 2.24) is 9.62 Å². The molecule has 0 aromatic heterocycles. The third-order valence-corrected chi connectivity index (χ3v) is 4.02. The van der Waals surface area contributed by atoms with Gasteiger partial charge in [0.1, 0.15) is 23.1 Å². The number of rotatable bonds is 5. The zero-order valence-electron chi connectivity index (χ0n) is 13.8. The Kier molecular flexibility index (Phi) is 6.42. The summed E-state index contributed by atoms with van der Waals surface area (Å²) in [6, 6.07) is 3.68. The van der Waals surface area contributed by atoms with E-state index in [1.54, 1.807) is 18.2 Å². The van der Waals surface area contributed by atoms with Crippen LogP contribution >= 0.6 is 0 Å². The number of carbonyl (C=O) groups is 2. The van der Waals surface area contributed by atoms with Crippen molar-refractivity contribution in [3.05, 3.63) is 23.8 Å². The zero-order chi connectivity index (χ0) is 16.5. The SMILES string of the molecule is COc1cccc(OC)c1C(=O)NC1CN(S(=O)(=O)O)C1=O.[H-].[Na+]. The Labute approximate surface area is 156 Å². The molecule has 2 rings (SSSR count). The van der Waals surface area contributed by atoms with Crippen LogP contribution in [0.4, 0.5) is 0 Å². The van der Waals surface area contributed by atoms with E-state index < -0.39 is 28.2 Å². The smallest absolute Gasteiger partial charge is 1.00 e. The summed E-state index contributed by atoms with van der Waals surface area (Å²) >= 11 is 0. The van der Waals surface area contributed by atoms with Crippen molar-refractivity contribution in [3.63, 3.8) is 0 Å². The van der Waals surface area contributed by atoms with E-state index >= 15 is 0 Å². The Morgan fingerprint density at radius 1 is 1.35 bits per heavy atom. The van der Waals surface area contributed by atoms with Crippen molar-refractivity contribution in [2.45, 2.75) is 6.04 Å². The largest absolute Gasteiger partial charge is 1.00 e. The number of methoxy groups -OCH3 is 2. The van der Waals surface area contributed by atoms with Gasteiger partial charge in [0.05, 0.1) is 20.8 Å². The fourth-order valence-corrected chi connectivity index (χ4v) is 2.71. The predicted molar refractivity (Wildman–Crippen MR) is 75.2 cm³/mol. The summed E-state index contributed by atoms with van der Waals surface area (Å²) in [6.45, 7) is -0.332. The molecule has 122 valence electrons. The maximum Gasteiger partial charge on any atom is 1.00 e. The Hall–Kier alpha value is -1.33. The molecule has 0 spiro atoms. The van der Waals surface area contributed by atoms with Gasteiger partial charge in [-0.15, -0.1) is 0 Å². The summed E-state index contributed by atoms with van der Waals surface area (Å²) in [7, 11) is -1.84. The Bertz CT molecular complexity index is 706. The summed E-state index contributed by atoms with van der Waals surface area (Å²) in [6.07, 6.45) is 0. The molecule has 0 aliphatic carbocycles. The summed E-state index contributed by atoms with van der Waals surface area (Å²) < 4.78 is 40.8. The first-order valence-electron chi connectivity index (χ1n) is 6.10. The van der Waals surface area contributed by atoms with Crippen molar-refractivity contribution in [2.24, 2.45) is 0 Å². The summed E-state index contributed by atoms with van der Waals surface area (Å²) in [4.78, 5) is 23.8. The zero-order valence-corrected chi connectivity index (χ0v) is 15.6. The molecule has 23 heavy (non-hydrogen) atoms. The number of benzene rings is 1. The number of ether oxygens (including phenoxy) is 2. The molecule has 1 aliphatic heterocycles. The van der Waals surface area contributed by atoms with Gasteiger partial charge in [0.2, 0.25) is 0 Å². The maximum absolute atomic E-state index is 12.3. The molecule has 0 bridgehead atoms. The van der Waals surface area contributed by atoms with Crippen molar-refractivity contribution >= 4 is 22.1 Å². The summed E-state index contributed by atoms with van der Waals surface area (Å²) in [5.41, 5.74) is 0.0885. The second-order valence-corrected chi connectivity index (χ2v) is 5.75. The van der Waals surface area contributed by atoms with Gasteiger partial charge < -0.3 is 16.2 Å². The van der Waals surface area contributed by atoms with Crippen LogP contribution in [0.3, 0.4) is 0 Å². The molecule has 2 amide bonds. The van der Waals surface area contributed by atoms with Gasteiger partial charge in [0, 0.05) is 0 Å². The van der Waals surface area contributed by atoms with E-state index in [2.05, 4.69) is 5.32 Å². The van der Waals surface area contributed by atoms with Gasteiger partial charge in [-0.05, 0) is 12.1 Å². The molecule has 9 nitrogen and oxygen atoms in total. The van der Waals surface area contributed by atoms with Crippen LogP contribution in [0.1, 0.15) is 11.8 Å². The fraction of sp³-hybridized carbons (Fsp3) is 0.333. The minimum absolute atomic E-state index is 0. The number of carbonyl (C=O) groups excluding carboxylic acids is 2. The maximum atomic E-state index is 12.3. The molecular formula is C12H15N2NaO7S. The molecule has 0 saturated carbocycles. The topological polar surface area (TPSA) is 122 Å². The standard InChI is InChI=1S/C12H14N2O7S.Na.H/c1-20-8-4-3-5-9(21-2)10(8)11(15)13-7-6-14(12(7)16)22(17,18)19;;/h3-5,7H,6H2,1-2H3,(H,13,15)(H,17,18,19);;/q;+1;-1. The second kappa shape index (κ2) is 7.49. The molecule has 11 heteroatoms. The minimum Gasteiger partial charge on any atom is -1.00 e. The molecule has 1 unspecified atom stereocenters. The van der Waals surface area contributed by atoms with Gasteiger partial charge in [-0.25, -0.2) is 4.31 Å². The minimum atomic E-state index is -4.59. The first kappa shape index (κ1) is 19.7. The normalized spacial score (nSPS) is 16.9. The molecule has 1 fully saturated rings. The first-order chi connectivity index (χ1) is 10.3. The number of hydrogen-bond donors (Lipinski definition) is 2. The molecule has 2 N–H and O–H groups in total. The number of nitrogens with zero attached hydrogens (tertiary/aromatic N) is 1. The molecule has 1 saturated heterocycles. The average Bonchev–Trinajstić information content (AvgIpc) is 2.47. The van der Waals surface area contributed by atoms with Crippen LogP contribution in [-0.2, 0) is 15.1 Å². The first-order valence-corrected chi connectivity index (χ1v) is 7.50. The predicted octanol–water partition coefficient (Wildman–Crippen LogP) is -3.44. The molecule has 0 radical (unpaired) electrons. The van der Waals surface area contributed by atoms with E-state index in [4.69, 9.17) is 14.0 Å². The van der Waals surface area contributed by atoms with Crippen LogP contribution in [-0.4, -0.2) is 55.9 Å². The molecular weight excluding hydrogens is 339 g/mol. The average molecular weight is 354 g/mol. The monoisotopic (exact) mass is 354 g/mol. The van der Waals surface area contributed by atoms with Gasteiger partial charge in [0.15, 0.2) is 0 Å². The molecule has 1 aliphatic rings. The Morgan fingerprint density at radius 3 is 2.26 bits per heavy atom. The number of hydrogen-bond acceptors (Lipinski definition) is 6. The van der Waals surface area contributed by atoms with Gasteiger partial charge in [0.25, 0.3) is 11.8 Å². The van der Waals surface area contributed by atoms with Crippen LogP contribution in [0.15, 0.2) is 18.2 Å². The van der Waals surface area contributed by atoms with Crippen LogP contribution in [0.25, 0.3) is 0 Å². The van der Waals surface area contributed by atoms with E-state index in [1.807, 2.05) is 0 Å². The van der Waals surface area contributed by atoms with Crippen LogP contribution in [0, 0.1) is 0 Å². The third kappa shape index (κ3) is 3.96. The van der Waals surface area contributed by atoms with Crippen molar-refractivity contribution in [2.75, 3.05) is 20.8 Å². The quantitative estimate of drug-likeness (QED) is 0.320. The van der Waals surface area contributed by atoms with E-state index in [0.717, 1.165) is 0 Å². The number of nitrogens with one attached hydrogen (secondary N) is 1. The second-order valence-electron chi connectivity index (χ2n) is 4.41. The van der Waals surface area contributed by atoms with Gasteiger partial charge in [-0.2, -0.15) is 8.42 Å². The van der Waals surface area contributed by atoms with Gasteiger partial charge in [-0.3, -0.25) is 14.1 Å². The summed E-state index contributed by atoms with van der Waals surface area (Å²) in [5, 5.41) is 2.37. The van der Waals surface area contributed by atoms with Crippen molar-refractivity contribution < 1.29 is 63.0 Å². The van der Waals surface area contributed by atoms with E-state index in [9.17, 15) is 18.0 Å². The molecule has 1 aromatic rings. The molecule has 1 heterocycles. The van der Waals surface area contributed by atoms with Crippen LogP contribution in [0.5, 0.6) is 11.5 Å². The summed E-state index contributed by atoms with van der Waals surface area (Å²) in [5.74, 6) is -1.07. The van der Waals surface area contributed by atoms with E-state index in [0.29, 0.717) is 0 Å². The Morgan fingerprint density at radius 2 is 1.87 bits per heavy atom. The number of β-lactam (4-membered cyclic amide) rings is 1. The van der Waals surface area contributed by atoms with Crippen LogP contribution in [0.2, 0.25) is 0 Å².